The summed E-state index contributed by atoms with van der Waals surface area (Å²) in [5.74, 6) is 0. The molecule has 78 valence electrons. The Kier molecular flexibility index (Phi) is 5.03. The predicted octanol–water partition coefficient (Wildman–Crippen LogP) is 0.287. The number of aliphatic hydroxyl groups excluding tert-OH is 2. The number of aliphatic hydroxyl groups is 2. The summed E-state index contributed by atoms with van der Waals surface area (Å²) in [4.78, 5) is 4.00. The largest absolute Gasteiger partial charge is 0.395 e. The second-order valence-corrected chi connectivity index (χ2v) is 3.87. The van der Waals surface area contributed by atoms with Gasteiger partial charge in [0.15, 0.2) is 0 Å². The summed E-state index contributed by atoms with van der Waals surface area (Å²) in [7, 11) is 0. The van der Waals surface area contributed by atoms with E-state index in [4.69, 9.17) is 10.2 Å². The van der Waals surface area contributed by atoms with Crippen molar-refractivity contribution in [3.05, 3.63) is 28.5 Å². The molecule has 4 nitrogen and oxygen atoms in total. The maximum atomic E-state index is 8.81. The van der Waals surface area contributed by atoms with Crippen LogP contribution in [0.2, 0.25) is 0 Å². The van der Waals surface area contributed by atoms with E-state index in [1.807, 2.05) is 6.07 Å². The lowest BCUT2D eigenvalue weighted by Gasteiger charge is -2.12. The van der Waals surface area contributed by atoms with Crippen LogP contribution in [0.5, 0.6) is 0 Å². The van der Waals surface area contributed by atoms with Gasteiger partial charge in [-0.05, 0) is 27.6 Å². The maximum Gasteiger partial charge on any atom is 0.0607 e. The smallest absolute Gasteiger partial charge is 0.0607 e. The molecule has 0 aliphatic heterocycles. The van der Waals surface area contributed by atoms with E-state index in [1.165, 1.54) is 0 Å². The van der Waals surface area contributed by atoms with Crippen molar-refractivity contribution in [3.63, 3.8) is 0 Å². The Morgan fingerprint density at radius 2 is 2.07 bits per heavy atom. The van der Waals surface area contributed by atoms with E-state index >= 15 is 0 Å². The minimum Gasteiger partial charge on any atom is -0.395 e. The van der Waals surface area contributed by atoms with Gasteiger partial charge in [0, 0.05) is 23.4 Å². The molecule has 1 aromatic rings. The van der Waals surface area contributed by atoms with Crippen molar-refractivity contribution in [3.8, 4) is 0 Å². The van der Waals surface area contributed by atoms with Crippen LogP contribution in [0.4, 0.5) is 0 Å². The number of halogens is 1. The lowest BCUT2D eigenvalue weighted by atomic mass is 10.2. The molecule has 3 N–H and O–H groups in total. The van der Waals surface area contributed by atoms with E-state index in [2.05, 4.69) is 26.2 Å². The van der Waals surface area contributed by atoms with Gasteiger partial charge in [0.25, 0.3) is 0 Å². The highest BCUT2D eigenvalue weighted by Crippen LogP contribution is 2.09. The number of rotatable bonds is 5. The Bertz CT molecular complexity index is 279. The highest BCUT2D eigenvalue weighted by atomic mass is 79.9. The highest BCUT2D eigenvalue weighted by Gasteiger charge is 2.04. The fraction of sp³-hybridized carbons (Fsp3) is 0.444. The first-order valence-electron chi connectivity index (χ1n) is 4.30. The van der Waals surface area contributed by atoms with Gasteiger partial charge in [-0.2, -0.15) is 0 Å². The SMILES string of the molecule is OCC(CO)NCc1cncc(Br)c1. The van der Waals surface area contributed by atoms with Crippen molar-refractivity contribution >= 4 is 15.9 Å². The first-order chi connectivity index (χ1) is 6.76. The van der Waals surface area contributed by atoms with E-state index in [0.29, 0.717) is 6.54 Å². The van der Waals surface area contributed by atoms with E-state index in [9.17, 15) is 0 Å². The number of hydrogen-bond donors (Lipinski definition) is 3. The molecular weight excluding hydrogens is 248 g/mol. The summed E-state index contributed by atoms with van der Waals surface area (Å²) in [6, 6.07) is 1.67. The molecule has 0 fully saturated rings. The Hall–Kier alpha value is -0.490. The lowest BCUT2D eigenvalue weighted by Crippen LogP contribution is -2.35. The maximum absolute atomic E-state index is 8.81. The van der Waals surface area contributed by atoms with Crippen LogP contribution >= 0.6 is 15.9 Å². The number of aromatic nitrogens is 1. The molecular formula is C9H13BrN2O2. The molecule has 5 heteroatoms. The molecule has 1 heterocycles. The van der Waals surface area contributed by atoms with Gasteiger partial charge in [-0.25, -0.2) is 0 Å². The van der Waals surface area contributed by atoms with Gasteiger partial charge in [-0.15, -0.1) is 0 Å². The topological polar surface area (TPSA) is 65.4 Å². The molecule has 0 saturated heterocycles. The Balaban J connectivity index is 2.44. The molecule has 0 unspecified atom stereocenters. The zero-order chi connectivity index (χ0) is 10.4. The van der Waals surface area contributed by atoms with E-state index in [1.54, 1.807) is 12.4 Å². The van der Waals surface area contributed by atoms with Crippen molar-refractivity contribution in [2.75, 3.05) is 13.2 Å². The highest BCUT2D eigenvalue weighted by molar-refractivity contribution is 9.10. The van der Waals surface area contributed by atoms with Crippen molar-refractivity contribution in [2.24, 2.45) is 0 Å². The third kappa shape index (κ3) is 3.71. The first-order valence-corrected chi connectivity index (χ1v) is 5.10. The molecule has 0 aliphatic rings. The summed E-state index contributed by atoms with van der Waals surface area (Å²) < 4.78 is 0.918. The van der Waals surface area contributed by atoms with E-state index in [0.717, 1.165) is 10.0 Å². The molecule has 0 aromatic carbocycles. The van der Waals surface area contributed by atoms with E-state index < -0.39 is 0 Å². The van der Waals surface area contributed by atoms with Gasteiger partial charge in [0.2, 0.25) is 0 Å². The molecule has 1 aromatic heterocycles. The third-order valence-corrected chi connectivity index (χ3v) is 2.23. The molecule has 0 bridgehead atoms. The minimum atomic E-state index is -0.269. The molecule has 0 radical (unpaired) electrons. The average Bonchev–Trinajstić information content (AvgIpc) is 2.19. The van der Waals surface area contributed by atoms with Crippen LogP contribution in [-0.4, -0.2) is 34.5 Å². The van der Waals surface area contributed by atoms with Crippen LogP contribution in [-0.2, 0) is 6.54 Å². The number of pyridine rings is 1. The monoisotopic (exact) mass is 260 g/mol. The fourth-order valence-corrected chi connectivity index (χ4v) is 1.41. The average molecular weight is 261 g/mol. The lowest BCUT2D eigenvalue weighted by molar-refractivity contribution is 0.170. The molecule has 0 saturated carbocycles. The Morgan fingerprint density at radius 3 is 2.64 bits per heavy atom. The molecule has 0 atom stereocenters. The molecule has 1 rings (SSSR count). The number of hydrogen-bond acceptors (Lipinski definition) is 4. The summed E-state index contributed by atoms with van der Waals surface area (Å²) in [5, 5.41) is 20.6. The van der Waals surface area contributed by atoms with Crippen LogP contribution in [0.1, 0.15) is 5.56 Å². The van der Waals surface area contributed by atoms with Crippen molar-refractivity contribution in [1.82, 2.24) is 10.3 Å². The molecule has 0 amide bonds. The number of nitrogens with one attached hydrogen (secondary N) is 1. The third-order valence-electron chi connectivity index (χ3n) is 1.80. The van der Waals surface area contributed by atoms with Gasteiger partial charge >= 0.3 is 0 Å². The Labute approximate surface area is 91.1 Å². The van der Waals surface area contributed by atoms with Crippen molar-refractivity contribution in [1.29, 1.82) is 0 Å². The van der Waals surface area contributed by atoms with Crippen LogP contribution < -0.4 is 5.32 Å². The van der Waals surface area contributed by atoms with Gasteiger partial charge in [0.05, 0.1) is 19.3 Å². The zero-order valence-electron chi connectivity index (χ0n) is 7.65. The van der Waals surface area contributed by atoms with Crippen molar-refractivity contribution in [2.45, 2.75) is 12.6 Å². The van der Waals surface area contributed by atoms with E-state index in [-0.39, 0.29) is 19.3 Å². The summed E-state index contributed by atoms with van der Waals surface area (Å²) in [6.07, 6.45) is 3.45. The molecule has 0 aliphatic carbocycles. The second-order valence-electron chi connectivity index (χ2n) is 2.95. The van der Waals surface area contributed by atoms with Crippen LogP contribution in [0, 0.1) is 0 Å². The first kappa shape index (κ1) is 11.6. The van der Waals surface area contributed by atoms with Gasteiger partial charge in [-0.3, -0.25) is 4.98 Å². The quantitative estimate of drug-likeness (QED) is 0.712. The standard InChI is InChI=1S/C9H13BrN2O2/c10-8-1-7(2-11-4-8)3-12-9(5-13)6-14/h1-2,4,9,12-14H,3,5-6H2. The Morgan fingerprint density at radius 1 is 1.36 bits per heavy atom. The van der Waals surface area contributed by atoms with Gasteiger partial charge in [0.1, 0.15) is 0 Å². The van der Waals surface area contributed by atoms with Gasteiger partial charge in [-0.1, -0.05) is 0 Å². The summed E-state index contributed by atoms with van der Waals surface area (Å²) >= 11 is 3.31. The summed E-state index contributed by atoms with van der Waals surface area (Å²) in [6.45, 7) is 0.439. The summed E-state index contributed by atoms with van der Waals surface area (Å²) in [5.41, 5.74) is 1.01. The molecule has 0 spiro atoms. The fourth-order valence-electron chi connectivity index (χ4n) is 1.00. The number of nitrogens with zero attached hydrogens (tertiary/aromatic N) is 1. The van der Waals surface area contributed by atoms with Gasteiger partial charge < -0.3 is 15.5 Å². The molecule has 14 heavy (non-hydrogen) atoms. The van der Waals surface area contributed by atoms with Crippen LogP contribution in [0.25, 0.3) is 0 Å². The normalized spacial score (nSPS) is 10.9. The minimum absolute atomic E-state index is 0.0715. The predicted molar refractivity (Wildman–Crippen MR) is 56.7 cm³/mol. The van der Waals surface area contributed by atoms with Crippen LogP contribution in [0.3, 0.4) is 0 Å². The van der Waals surface area contributed by atoms with Crippen LogP contribution in [0.15, 0.2) is 22.9 Å². The second kappa shape index (κ2) is 6.08. The zero-order valence-corrected chi connectivity index (χ0v) is 9.24. The van der Waals surface area contributed by atoms with Crippen molar-refractivity contribution < 1.29 is 10.2 Å².